The second-order valence-corrected chi connectivity index (χ2v) is 3.85. The van der Waals surface area contributed by atoms with Crippen LogP contribution in [0.15, 0.2) is 30.5 Å². The van der Waals surface area contributed by atoms with Crippen LogP contribution in [0, 0.1) is 13.8 Å². The summed E-state index contributed by atoms with van der Waals surface area (Å²) in [5, 5.41) is 1.17. The Kier molecular flexibility index (Phi) is 2.91. The molecule has 0 saturated carbocycles. The number of pyridine rings is 1. The number of hydrogen-bond acceptors (Lipinski definition) is 2. The summed E-state index contributed by atoms with van der Waals surface area (Å²) in [6, 6.07) is 8.33. The lowest BCUT2D eigenvalue weighted by Gasteiger charge is -2.05. The van der Waals surface area contributed by atoms with Crippen LogP contribution in [-0.2, 0) is 4.74 Å². The summed E-state index contributed by atoms with van der Waals surface area (Å²) in [4.78, 5) is 4.62. The number of fused-ring (bicyclic) bond motifs is 1. The summed E-state index contributed by atoms with van der Waals surface area (Å²) in [5.41, 5.74) is 4.41. The Labute approximate surface area is 95.6 Å². The molecule has 2 nitrogen and oxygen atoms in total. The standard InChI is InChI=1S/C14H15NO/c1-10-9-13-6-4-5-12(7-8-16-3)14(13)15-11(10)2/h4-9H,1-3H3. The maximum atomic E-state index is 4.94. The SMILES string of the molecule is COC=Cc1cccc2cc(C)c(C)nc12. The summed E-state index contributed by atoms with van der Waals surface area (Å²) in [6.45, 7) is 4.12. The fraction of sp³-hybridized carbons (Fsp3) is 0.214. The first-order valence-electron chi connectivity index (χ1n) is 5.28. The third-order valence-electron chi connectivity index (χ3n) is 2.70. The number of nitrogens with zero attached hydrogens (tertiary/aromatic N) is 1. The topological polar surface area (TPSA) is 22.1 Å². The predicted molar refractivity (Wildman–Crippen MR) is 67.3 cm³/mol. The molecular formula is C14H15NO. The molecule has 16 heavy (non-hydrogen) atoms. The van der Waals surface area contributed by atoms with E-state index in [4.69, 9.17) is 4.74 Å². The van der Waals surface area contributed by atoms with E-state index in [1.165, 1.54) is 10.9 Å². The highest BCUT2D eigenvalue weighted by Gasteiger charge is 2.02. The fourth-order valence-corrected chi connectivity index (χ4v) is 1.69. The molecule has 2 heteroatoms. The highest BCUT2D eigenvalue weighted by atomic mass is 16.5. The number of ether oxygens (including phenoxy) is 1. The molecule has 0 amide bonds. The average Bonchev–Trinajstić information content (AvgIpc) is 2.28. The van der Waals surface area contributed by atoms with E-state index in [0.717, 1.165) is 16.8 Å². The molecule has 82 valence electrons. The van der Waals surface area contributed by atoms with E-state index in [2.05, 4.69) is 24.0 Å². The first-order valence-corrected chi connectivity index (χ1v) is 5.28. The summed E-state index contributed by atoms with van der Waals surface area (Å²) in [6.07, 6.45) is 3.61. The van der Waals surface area contributed by atoms with Crippen molar-refractivity contribution in [3.63, 3.8) is 0 Å². The van der Waals surface area contributed by atoms with Gasteiger partial charge in [-0.05, 0) is 31.6 Å². The summed E-state index contributed by atoms with van der Waals surface area (Å²) in [5.74, 6) is 0. The van der Waals surface area contributed by atoms with Crippen LogP contribution in [-0.4, -0.2) is 12.1 Å². The molecule has 0 aliphatic rings. The van der Waals surface area contributed by atoms with Crippen molar-refractivity contribution in [3.8, 4) is 0 Å². The van der Waals surface area contributed by atoms with Crippen LogP contribution >= 0.6 is 0 Å². The van der Waals surface area contributed by atoms with Crippen LogP contribution in [0.1, 0.15) is 16.8 Å². The summed E-state index contributed by atoms with van der Waals surface area (Å²) in [7, 11) is 1.64. The van der Waals surface area contributed by atoms with E-state index in [0.29, 0.717) is 0 Å². The van der Waals surface area contributed by atoms with Gasteiger partial charge in [0.25, 0.3) is 0 Å². The minimum Gasteiger partial charge on any atom is -0.504 e. The normalized spacial score (nSPS) is 11.2. The zero-order valence-electron chi connectivity index (χ0n) is 9.82. The number of rotatable bonds is 2. The first-order chi connectivity index (χ1) is 7.72. The van der Waals surface area contributed by atoms with Crippen molar-refractivity contribution in [2.24, 2.45) is 0 Å². The number of hydrogen-bond donors (Lipinski definition) is 0. The summed E-state index contributed by atoms with van der Waals surface area (Å²) >= 11 is 0. The maximum Gasteiger partial charge on any atom is 0.0831 e. The Morgan fingerprint density at radius 1 is 1.25 bits per heavy atom. The molecule has 0 radical (unpaired) electrons. The van der Waals surface area contributed by atoms with Crippen molar-refractivity contribution in [2.75, 3.05) is 7.11 Å². The van der Waals surface area contributed by atoms with Crippen LogP contribution in [0.4, 0.5) is 0 Å². The largest absolute Gasteiger partial charge is 0.504 e. The van der Waals surface area contributed by atoms with Crippen LogP contribution < -0.4 is 0 Å². The number of benzene rings is 1. The van der Waals surface area contributed by atoms with Gasteiger partial charge in [-0.25, -0.2) is 0 Å². The molecule has 0 aliphatic carbocycles. The Balaban J connectivity index is 2.67. The minimum absolute atomic E-state index is 1.03. The maximum absolute atomic E-state index is 4.94. The lowest BCUT2D eigenvalue weighted by atomic mass is 10.1. The molecule has 0 N–H and O–H groups in total. The Bertz CT molecular complexity index is 544. The van der Waals surface area contributed by atoms with Gasteiger partial charge in [-0.2, -0.15) is 0 Å². The molecule has 2 aromatic rings. The van der Waals surface area contributed by atoms with E-state index < -0.39 is 0 Å². The molecule has 1 heterocycles. The molecule has 1 aromatic heterocycles. The van der Waals surface area contributed by atoms with Gasteiger partial charge in [0, 0.05) is 16.6 Å². The molecular weight excluding hydrogens is 198 g/mol. The zero-order valence-corrected chi connectivity index (χ0v) is 9.82. The van der Waals surface area contributed by atoms with E-state index in [1.54, 1.807) is 13.4 Å². The molecule has 0 fully saturated rings. The highest BCUT2D eigenvalue weighted by Crippen LogP contribution is 2.20. The van der Waals surface area contributed by atoms with Gasteiger partial charge >= 0.3 is 0 Å². The molecule has 0 bridgehead atoms. The smallest absolute Gasteiger partial charge is 0.0831 e. The average molecular weight is 213 g/mol. The lowest BCUT2D eigenvalue weighted by Crippen LogP contribution is -1.90. The lowest BCUT2D eigenvalue weighted by molar-refractivity contribution is 0.341. The molecule has 0 atom stereocenters. The van der Waals surface area contributed by atoms with Gasteiger partial charge in [0.1, 0.15) is 0 Å². The second-order valence-electron chi connectivity index (χ2n) is 3.85. The predicted octanol–water partition coefficient (Wildman–Crippen LogP) is 3.47. The van der Waals surface area contributed by atoms with Crippen molar-refractivity contribution < 1.29 is 4.74 Å². The molecule has 0 unspecified atom stereocenters. The van der Waals surface area contributed by atoms with Gasteiger partial charge in [0.2, 0.25) is 0 Å². The quantitative estimate of drug-likeness (QED) is 0.713. The molecule has 0 spiro atoms. The zero-order chi connectivity index (χ0) is 11.5. The number of para-hydroxylation sites is 1. The van der Waals surface area contributed by atoms with Crippen LogP contribution in [0.3, 0.4) is 0 Å². The van der Waals surface area contributed by atoms with Gasteiger partial charge < -0.3 is 4.74 Å². The molecule has 1 aromatic carbocycles. The monoisotopic (exact) mass is 213 g/mol. The van der Waals surface area contributed by atoms with E-state index >= 15 is 0 Å². The number of methoxy groups -OCH3 is 1. The minimum atomic E-state index is 1.03. The van der Waals surface area contributed by atoms with Gasteiger partial charge in [-0.1, -0.05) is 18.2 Å². The van der Waals surface area contributed by atoms with E-state index in [1.807, 2.05) is 25.1 Å². The second kappa shape index (κ2) is 4.35. The van der Waals surface area contributed by atoms with Crippen LogP contribution in [0.2, 0.25) is 0 Å². The van der Waals surface area contributed by atoms with Crippen molar-refractivity contribution in [1.29, 1.82) is 0 Å². The third-order valence-corrected chi connectivity index (χ3v) is 2.70. The van der Waals surface area contributed by atoms with E-state index in [-0.39, 0.29) is 0 Å². The van der Waals surface area contributed by atoms with Crippen molar-refractivity contribution >= 4 is 17.0 Å². The van der Waals surface area contributed by atoms with Crippen molar-refractivity contribution in [1.82, 2.24) is 4.98 Å². The first kappa shape index (κ1) is 10.7. The van der Waals surface area contributed by atoms with E-state index in [9.17, 15) is 0 Å². The Morgan fingerprint density at radius 2 is 2.06 bits per heavy atom. The number of aryl methyl sites for hydroxylation is 2. The molecule has 2 rings (SSSR count). The van der Waals surface area contributed by atoms with Gasteiger partial charge in [-0.3, -0.25) is 4.98 Å². The third kappa shape index (κ3) is 1.91. The van der Waals surface area contributed by atoms with Gasteiger partial charge in [0.15, 0.2) is 0 Å². The Hall–Kier alpha value is -1.83. The summed E-state index contributed by atoms with van der Waals surface area (Å²) < 4.78 is 4.94. The highest BCUT2D eigenvalue weighted by molar-refractivity contribution is 5.87. The Morgan fingerprint density at radius 3 is 2.81 bits per heavy atom. The fourth-order valence-electron chi connectivity index (χ4n) is 1.69. The van der Waals surface area contributed by atoms with Crippen LogP contribution in [0.25, 0.3) is 17.0 Å². The van der Waals surface area contributed by atoms with Crippen LogP contribution in [0.5, 0.6) is 0 Å². The van der Waals surface area contributed by atoms with Gasteiger partial charge in [0.05, 0.1) is 18.9 Å². The van der Waals surface area contributed by atoms with Gasteiger partial charge in [-0.15, -0.1) is 0 Å². The number of aromatic nitrogens is 1. The van der Waals surface area contributed by atoms with Crippen molar-refractivity contribution in [3.05, 3.63) is 47.3 Å². The molecule has 0 aliphatic heterocycles. The molecule has 0 saturated heterocycles. The van der Waals surface area contributed by atoms with Crippen molar-refractivity contribution in [2.45, 2.75) is 13.8 Å².